The molecule has 2 rings (SSSR count). The topological polar surface area (TPSA) is 52.6 Å². The summed E-state index contributed by atoms with van der Waals surface area (Å²) in [6.07, 6.45) is 2.85. The van der Waals surface area contributed by atoms with Gasteiger partial charge in [-0.25, -0.2) is 4.98 Å². The molecule has 5 nitrogen and oxygen atoms in total. The minimum Gasteiger partial charge on any atom is -0.362 e. The van der Waals surface area contributed by atoms with Crippen molar-refractivity contribution in [3.8, 4) is 0 Å². The van der Waals surface area contributed by atoms with E-state index < -0.39 is 0 Å². The molecule has 0 bridgehead atoms. The Morgan fingerprint density at radius 3 is 2.25 bits per heavy atom. The normalized spacial score (nSPS) is 11.2. The molecule has 1 aromatic carbocycles. The fourth-order valence-corrected chi connectivity index (χ4v) is 2.62. The largest absolute Gasteiger partial charge is 0.362 e. The Morgan fingerprint density at radius 1 is 1.00 bits per heavy atom. The number of nitrogens with zero attached hydrogens (tertiary/aromatic N) is 3. The van der Waals surface area contributed by atoms with Gasteiger partial charge in [0.2, 0.25) is 0 Å². The molecular weight excluding hydrogens is 298 g/mol. The quantitative estimate of drug-likeness (QED) is 0.633. The summed E-state index contributed by atoms with van der Waals surface area (Å²) in [5.74, 6) is 1.76. The predicted octanol–water partition coefficient (Wildman–Crippen LogP) is 2.58. The molecule has 0 radical (unpaired) electrons. The van der Waals surface area contributed by atoms with Gasteiger partial charge in [0.15, 0.2) is 5.96 Å². The lowest BCUT2D eigenvalue weighted by atomic mass is 10.1. The molecule has 0 amide bonds. The van der Waals surface area contributed by atoms with Gasteiger partial charge in [-0.1, -0.05) is 37.3 Å². The standard InChI is InChI=1S/C19H27N5/c1-5-15-9-6-7-10-16(15)13-22-19(20-2)23-14-17-11-8-12-21-18(17)24(3)4/h6-12H,5,13-14H2,1-4H3,(H2,20,22,23). The highest BCUT2D eigenvalue weighted by molar-refractivity contribution is 5.79. The van der Waals surface area contributed by atoms with E-state index in [9.17, 15) is 0 Å². The summed E-state index contributed by atoms with van der Waals surface area (Å²) in [5.41, 5.74) is 3.81. The van der Waals surface area contributed by atoms with E-state index >= 15 is 0 Å². The summed E-state index contributed by atoms with van der Waals surface area (Å²) in [5, 5.41) is 6.75. The van der Waals surface area contributed by atoms with Gasteiger partial charge < -0.3 is 15.5 Å². The summed E-state index contributed by atoms with van der Waals surface area (Å²) in [6.45, 7) is 3.62. The lowest BCUT2D eigenvalue weighted by Crippen LogP contribution is -2.36. The Labute approximate surface area is 144 Å². The van der Waals surface area contributed by atoms with Crippen molar-refractivity contribution >= 4 is 11.8 Å². The number of benzene rings is 1. The van der Waals surface area contributed by atoms with Crippen LogP contribution in [0.5, 0.6) is 0 Å². The Bertz CT molecular complexity index is 679. The first-order valence-corrected chi connectivity index (χ1v) is 8.28. The highest BCUT2D eigenvalue weighted by atomic mass is 15.2. The van der Waals surface area contributed by atoms with Gasteiger partial charge >= 0.3 is 0 Å². The fourth-order valence-electron chi connectivity index (χ4n) is 2.62. The van der Waals surface area contributed by atoms with E-state index in [0.717, 1.165) is 30.3 Å². The summed E-state index contributed by atoms with van der Waals surface area (Å²) in [6, 6.07) is 12.5. The van der Waals surface area contributed by atoms with E-state index in [4.69, 9.17) is 0 Å². The number of aryl methyl sites for hydroxylation is 1. The Kier molecular flexibility index (Phi) is 6.61. The van der Waals surface area contributed by atoms with E-state index in [1.165, 1.54) is 11.1 Å². The van der Waals surface area contributed by atoms with Crippen LogP contribution in [0.2, 0.25) is 0 Å². The van der Waals surface area contributed by atoms with Crippen molar-refractivity contribution in [1.29, 1.82) is 0 Å². The van der Waals surface area contributed by atoms with Gasteiger partial charge in [-0.15, -0.1) is 0 Å². The third-order valence-electron chi connectivity index (χ3n) is 3.91. The smallest absolute Gasteiger partial charge is 0.191 e. The molecule has 0 aliphatic rings. The maximum atomic E-state index is 4.42. The van der Waals surface area contributed by atoms with Gasteiger partial charge in [0.25, 0.3) is 0 Å². The van der Waals surface area contributed by atoms with Crippen LogP contribution in [0.15, 0.2) is 47.6 Å². The second-order valence-electron chi connectivity index (χ2n) is 5.78. The summed E-state index contributed by atoms with van der Waals surface area (Å²) in [4.78, 5) is 10.8. The number of nitrogens with one attached hydrogen (secondary N) is 2. The van der Waals surface area contributed by atoms with Crippen LogP contribution in [0, 0.1) is 0 Å². The number of pyridine rings is 1. The van der Waals surface area contributed by atoms with Crippen LogP contribution in [0.3, 0.4) is 0 Å². The monoisotopic (exact) mass is 325 g/mol. The Hall–Kier alpha value is -2.56. The van der Waals surface area contributed by atoms with Crippen LogP contribution < -0.4 is 15.5 Å². The second kappa shape index (κ2) is 8.91. The molecule has 1 aromatic heterocycles. The van der Waals surface area contributed by atoms with Crippen molar-refractivity contribution in [2.24, 2.45) is 4.99 Å². The number of aliphatic imine (C=N–C) groups is 1. The maximum Gasteiger partial charge on any atom is 0.191 e. The molecule has 0 saturated carbocycles. The summed E-state index contributed by atoms with van der Waals surface area (Å²) >= 11 is 0. The minimum absolute atomic E-state index is 0.677. The summed E-state index contributed by atoms with van der Waals surface area (Å²) < 4.78 is 0. The zero-order chi connectivity index (χ0) is 17.4. The van der Waals surface area contributed by atoms with Crippen LogP contribution in [-0.2, 0) is 19.5 Å². The number of anilines is 1. The average molecular weight is 325 g/mol. The molecule has 0 fully saturated rings. The second-order valence-corrected chi connectivity index (χ2v) is 5.78. The SMILES string of the molecule is CCc1ccccc1CNC(=NC)NCc1cccnc1N(C)C. The van der Waals surface area contributed by atoms with Crippen molar-refractivity contribution in [3.63, 3.8) is 0 Å². The molecular formula is C19H27N5. The molecule has 0 spiro atoms. The molecule has 0 unspecified atom stereocenters. The van der Waals surface area contributed by atoms with E-state index in [0.29, 0.717) is 6.54 Å². The van der Waals surface area contributed by atoms with Crippen LogP contribution in [0.4, 0.5) is 5.82 Å². The van der Waals surface area contributed by atoms with Crippen LogP contribution in [0.1, 0.15) is 23.6 Å². The first-order valence-electron chi connectivity index (χ1n) is 8.28. The minimum atomic E-state index is 0.677. The lowest BCUT2D eigenvalue weighted by molar-refractivity contribution is 0.798. The summed E-state index contributed by atoms with van der Waals surface area (Å²) in [7, 11) is 5.79. The van der Waals surface area contributed by atoms with Crippen LogP contribution >= 0.6 is 0 Å². The number of hydrogen-bond donors (Lipinski definition) is 2. The molecule has 0 aliphatic heterocycles. The first kappa shape index (κ1) is 17.8. The third-order valence-corrected chi connectivity index (χ3v) is 3.91. The zero-order valence-electron chi connectivity index (χ0n) is 15.0. The zero-order valence-corrected chi connectivity index (χ0v) is 15.0. The molecule has 1 heterocycles. The molecule has 0 saturated heterocycles. The molecule has 0 aliphatic carbocycles. The fraction of sp³-hybridized carbons (Fsp3) is 0.368. The van der Waals surface area contributed by atoms with Crippen LogP contribution in [-0.4, -0.2) is 32.1 Å². The van der Waals surface area contributed by atoms with E-state index in [1.54, 1.807) is 7.05 Å². The third kappa shape index (κ3) is 4.72. The lowest BCUT2D eigenvalue weighted by Gasteiger charge is -2.18. The molecule has 0 atom stereocenters. The van der Waals surface area contributed by atoms with Crippen molar-refractivity contribution in [2.45, 2.75) is 26.4 Å². The molecule has 24 heavy (non-hydrogen) atoms. The molecule has 5 heteroatoms. The maximum absolute atomic E-state index is 4.42. The number of rotatable bonds is 6. The van der Waals surface area contributed by atoms with Gasteiger partial charge in [0, 0.05) is 46.0 Å². The van der Waals surface area contributed by atoms with E-state index in [1.807, 2.05) is 31.3 Å². The van der Waals surface area contributed by atoms with Gasteiger partial charge in [-0.3, -0.25) is 4.99 Å². The van der Waals surface area contributed by atoms with Crippen molar-refractivity contribution in [1.82, 2.24) is 15.6 Å². The van der Waals surface area contributed by atoms with E-state index in [-0.39, 0.29) is 0 Å². The molecule has 2 aromatic rings. The van der Waals surface area contributed by atoms with E-state index in [2.05, 4.69) is 57.9 Å². The van der Waals surface area contributed by atoms with Crippen LogP contribution in [0.25, 0.3) is 0 Å². The number of guanidine groups is 1. The number of hydrogen-bond acceptors (Lipinski definition) is 3. The van der Waals surface area contributed by atoms with Gasteiger partial charge in [-0.2, -0.15) is 0 Å². The first-order chi connectivity index (χ1) is 11.7. The van der Waals surface area contributed by atoms with Crippen molar-refractivity contribution in [3.05, 3.63) is 59.3 Å². The number of aromatic nitrogens is 1. The Balaban J connectivity index is 1.96. The Morgan fingerprint density at radius 2 is 1.62 bits per heavy atom. The van der Waals surface area contributed by atoms with Crippen molar-refractivity contribution < 1.29 is 0 Å². The van der Waals surface area contributed by atoms with Gasteiger partial charge in [0.05, 0.1) is 0 Å². The van der Waals surface area contributed by atoms with Gasteiger partial charge in [-0.05, 0) is 23.6 Å². The van der Waals surface area contributed by atoms with Gasteiger partial charge in [0.1, 0.15) is 5.82 Å². The average Bonchev–Trinajstić information content (AvgIpc) is 2.62. The highest BCUT2D eigenvalue weighted by Crippen LogP contribution is 2.13. The molecule has 2 N–H and O–H groups in total. The highest BCUT2D eigenvalue weighted by Gasteiger charge is 2.07. The van der Waals surface area contributed by atoms with Crippen molar-refractivity contribution in [2.75, 3.05) is 26.0 Å². The molecule has 128 valence electrons. The predicted molar refractivity (Wildman–Crippen MR) is 101 cm³/mol.